The molecular formula is C25H30N2O4. The standard InChI is InChI=1S/C25H30N2O4/c1-5-15-31-20-12-10-19(11-13-20)22-23(26-21-9-7-6-8-18(21)4)25(29)27(24(22)28)14-16-30-17(2)3/h6-13,17,26H,5,14-16H2,1-4H3. The summed E-state index contributed by atoms with van der Waals surface area (Å²) >= 11 is 0. The summed E-state index contributed by atoms with van der Waals surface area (Å²) in [6.07, 6.45) is 0.943. The van der Waals surface area contributed by atoms with E-state index >= 15 is 0 Å². The number of ether oxygens (including phenoxy) is 2. The maximum Gasteiger partial charge on any atom is 0.278 e. The molecule has 1 heterocycles. The molecule has 0 saturated carbocycles. The van der Waals surface area contributed by atoms with Crippen LogP contribution in [0.15, 0.2) is 54.2 Å². The lowest BCUT2D eigenvalue weighted by Crippen LogP contribution is -2.35. The SMILES string of the molecule is CCCOc1ccc(C2=C(Nc3ccccc3C)C(=O)N(CCOC(C)C)C2=O)cc1. The minimum absolute atomic E-state index is 0.0282. The van der Waals surface area contributed by atoms with Gasteiger partial charge < -0.3 is 14.8 Å². The zero-order chi connectivity index (χ0) is 22.4. The molecule has 6 nitrogen and oxygen atoms in total. The minimum Gasteiger partial charge on any atom is -0.494 e. The molecular weight excluding hydrogens is 392 g/mol. The van der Waals surface area contributed by atoms with Gasteiger partial charge >= 0.3 is 0 Å². The number of hydrogen-bond donors (Lipinski definition) is 1. The fourth-order valence-electron chi connectivity index (χ4n) is 3.33. The lowest BCUT2D eigenvalue weighted by atomic mass is 10.0. The molecule has 1 aliphatic heterocycles. The first-order valence-electron chi connectivity index (χ1n) is 10.7. The summed E-state index contributed by atoms with van der Waals surface area (Å²) in [4.78, 5) is 27.7. The highest BCUT2D eigenvalue weighted by molar-refractivity contribution is 6.36. The quantitative estimate of drug-likeness (QED) is 0.575. The highest BCUT2D eigenvalue weighted by Crippen LogP contribution is 2.32. The third kappa shape index (κ3) is 5.33. The summed E-state index contributed by atoms with van der Waals surface area (Å²) in [7, 11) is 0. The summed E-state index contributed by atoms with van der Waals surface area (Å²) < 4.78 is 11.2. The van der Waals surface area contributed by atoms with Gasteiger partial charge in [-0.05, 0) is 56.5 Å². The maximum atomic E-state index is 13.3. The van der Waals surface area contributed by atoms with Crippen molar-refractivity contribution in [3.63, 3.8) is 0 Å². The van der Waals surface area contributed by atoms with Crippen molar-refractivity contribution >= 4 is 23.1 Å². The molecule has 31 heavy (non-hydrogen) atoms. The van der Waals surface area contributed by atoms with Crippen molar-refractivity contribution in [3.05, 3.63) is 65.4 Å². The van der Waals surface area contributed by atoms with Crippen LogP contribution in [0.1, 0.15) is 38.3 Å². The van der Waals surface area contributed by atoms with Gasteiger partial charge in [0.2, 0.25) is 0 Å². The van der Waals surface area contributed by atoms with Crippen molar-refractivity contribution in [1.82, 2.24) is 4.90 Å². The van der Waals surface area contributed by atoms with Crippen LogP contribution in [0.2, 0.25) is 0 Å². The molecule has 0 fully saturated rings. The van der Waals surface area contributed by atoms with Crippen LogP contribution >= 0.6 is 0 Å². The van der Waals surface area contributed by atoms with E-state index < -0.39 is 0 Å². The molecule has 0 saturated heterocycles. The fourth-order valence-corrected chi connectivity index (χ4v) is 3.33. The summed E-state index contributed by atoms with van der Waals surface area (Å²) in [5, 5.41) is 3.21. The fraction of sp³-hybridized carbons (Fsp3) is 0.360. The van der Waals surface area contributed by atoms with Gasteiger partial charge in [0, 0.05) is 5.69 Å². The Bertz CT molecular complexity index is 964. The Morgan fingerprint density at radius 3 is 2.32 bits per heavy atom. The third-order valence-electron chi connectivity index (χ3n) is 4.95. The Morgan fingerprint density at radius 2 is 1.68 bits per heavy atom. The van der Waals surface area contributed by atoms with Crippen LogP contribution in [0, 0.1) is 6.92 Å². The van der Waals surface area contributed by atoms with E-state index in [9.17, 15) is 9.59 Å². The van der Waals surface area contributed by atoms with Crippen LogP contribution in [-0.2, 0) is 14.3 Å². The first kappa shape index (κ1) is 22.6. The van der Waals surface area contributed by atoms with Crippen molar-refractivity contribution in [1.29, 1.82) is 0 Å². The zero-order valence-corrected chi connectivity index (χ0v) is 18.6. The van der Waals surface area contributed by atoms with Gasteiger partial charge in [0.25, 0.3) is 11.8 Å². The van der Waals surface area contributed by atoms with Crippen molar-refractivity contribution in [3.8, 4) is 5.75 Å². The number of nitrogens with zero attached hydrogens (tertiary/aromatic N) is 1. The van der Waals surface area contributed by atoms with Crippen LogP contribution in [0.25, 0.3) is 5.57 Å². The number of anilines is 1. The van der Waals surface area contributed by atoms with E-state index in [4.69, 9.17) is 9.47 Å². The largest absolute Gasteiger partial charge is 0.494 e. The minimum atomic E-state index is -0.345. The van der Waals surface area contributed by atoms with Crippen molar-refractivity contribution in [2.45, 2.75) is 40.2 Å². The summed E-state index contributed by atoms with van der Waals surface area (Å²) in [5.74, 6) is 0.0659. The number of para-hydroxylation sites is 1. The van der Waals surface area contributed by atoms with E-state index in [1.54, 1.807) is 0 Å². The molecule has 0 atom stereocenters. The molecule has 2 amide bonds. The first-order valence-corrected chi connectivity index (χ1v) is 10.7. The smallest absolute Gasteiger partial charge is 0.278 e. The average molecular weight is 423 g/mol. The molecule has 0 radical (unpaired) electrons. The van der Waals surface area contributed by atoms with Crippen molar-refractivity contribution in [2.75, 3.05) is 25.1 Å². The summed E-state index contributed by atoms with van der Waals surface area (Å²) in [6, 6.07) is 15.0. The Balaban J connectivity index is 1.94. The maximum absolute atomic E-state index is 13.3. The third-order valence-corrected chi connectivity index (χ3v) is 4.95. The van der Waals surface area contributed by atoms with E-state index in [0.29, 0.717) is 24.4 Å². The van der Waals surface area contributed by atoms with E-state index in [1.807, 2.05) is 76.2 Å². The molecule has 164 valence electrons. The second-order valence-electron chi connectivity index (χ2n) is 7.74. The van der Waals surface area contributed by atoms with Gasteiger partial charge in [0.15, 0.2) is 0 Å². The molecule has 0 aliphatic carbocycles. The number of benzene rings is 2. The molecule has 2 aromatic carbocycles. The Kier molecular flexibility index (Phi) is 7.47. The van der Waals surface area contributed by atoms with E-state index in [-0.39, 0.29) is 30.2 Å². The number of imide groups is 1. The molecule has 0 spiro atoms. The van der Waals surface area contributed by atoms with Gasteiger partial charge in [-0.15, -0.1) is 0 Å². The molecule has 3 rings (SSSR count). The van der Waals surface area contributed by atoms with Crippen molar-refractivity contribution in [2.24, 2.45) is 0 Å². The van der Waals surface area contributed by atoms with Gasteiger partial charge in [-0.25, -0.2) is 0 Å². The predicted octanol–water partition coefficient (Wildman–Crippen LogP) is 4.40. The molecule has 6 heteroatoms. The van der Waals surface area contributed by atoms with E-state index in [0.717, 1.165) is 23.4 Å². The Hall–Kier alpha value is -3.12. The van der Waals surface area contributed by atoms with Gasteiger partial charge in [0.05, 0.1) is 31.4 Å². The predicted molar refractivity (Wildman–Crippen MR) is 122 cm³/mol. The van der Waals surface area contributed by atoms with Gasteiger partial charge in [-0.2, -0.15) is 0 Å². The van der Waals surface area contributed by atoms with E-state index in [1.165, 1.54) is 4.90 Å². The number of rotatable bonds is 10. The van der Waals surface area contributed by atoms with Crippen LogP contribution in [0.5, 0.6) is 5.75 Å². The number of amides is 2. The van der Waals surface area contributed by atoms with E-state index in [2.05, 4.69) is 5.32 Å². The van der Waals surface area contributed by atoms with Crippen LogP contribution in [0.4, 0.5) is 5.69 Å². The van der Waals surface area contributed by atoms with Gasteiger partial charge in [-0.1, -0.05) is 37.3 Å². The summed E-state index contributed by atoms with van der Waals surface area (Å²) in [5.41, 5.74) is 3.09. The number of carbonyl (C=O) groups is 2. The topological polar surface area (TPSA) is 67.9 Å². The summed E-state index contributed by atoms with van der Waals surface area (Å²) in [6.45, 7) is 8.97. The number of aryl methyl sites for hydroxylation is 1. The monoisotopic (exact) mass is 422 g/mol. The highest BCUT2D eigenvalue weighted by Gasteiger charge is 2.39. The second kappa shape index (κ2) is 10.3. The zero-order valence-electron chi connectivity index (χ0n) is 18.6. The Morgan fingerprint density at radius 1 is 0.968 bits per heavy atom. The van der Waals surface area contributed by atoms with Crippen LogP contribution in [0.3, 0.4) is 0 Å². The number of carbonyl (C=O) groups excluding carboxylic acids is 2. The lowest BCUT2D eigenvalue weighted by Gasteiger charge is -2.16. The van der Waals surface area contributed by atoms with Crippen molar-refractivity contribution < 1.29 is 19.1 Å². The lowest BCUT2D eigenvalue weighted by molar-refractivity contribution is -0.137. The molecule has 0 bridgehead atoms. The molecule has 0 unspecified atom stereocenters. The first-order chi connectivity index (χ1) is 14.9. The molecule has 2 aromatic rings. The van der Waals surface area contributed by atoms with Gasteiger partial charge in [-0.3, -0.25) is 14.5 Å². The average Bonchev–Trinajstić information content (AvgIpc) is 2.98. The number of nitrogens with one attached hydrogen (secondary N) is 1. The van der Waals surface area contributed by atoms with Crippen LogP contribution in [-0.4, -0.2) is 42.6 Å². The molecule has 0 aromatic heterocycles. The Labute approximate surface area is 183 Å². The highest BCUT2D eigenvalue weighted by atomic mass is 16.5. The molecule has 1 aliphatic rings. The van der Waals surface area contributed by atoms with Crippen LogP contribution < -0.4 is 10.1 Å². The van der Waals surface area contributed by atoms with Gasteiger partial charge in [0.1, 0.15) is 11.4 Å². The molecule has 1 N–H and O–H groups in total. The number of hydrogen-bond acceptors (Lipinski definition) is 5. The second-order valence-corrected chi connectivity index (χ2v) is 7.74. The normalized spacial score (nSPS) is 14.0.